The molecule has 120 valence electrons. The van der Waals surface area contributed by atoms with Crippen LogP contribution in [0, 0.1) is 0 Å². The van der Waals surface area contributed by atoms with Crippen LogP contribution in [0.2, 0.25) is 0 Å². The van der Waals surface area contributed by atoms with Gasteiger partial charge in [-0.05, 0) is 0 Å². The van der Waals surface area contributed by atoms with Crippen molar-refractivity contribution in [1.29, 1.82) is 0 Å². The van der Waals surface area contributed by atoms with Gasteiger partial charge < -0.3 is 19.3 Å². The minimum atomic E-state index is -0.266. The Kier molecular flexibility index (Phi) is 4.49. The number of carbonyl (C=O) groups excluding carboxylic acids is 2. The number of nitrogens with zero attached hydrogens (tertiary/aromatic N) is 4. The number of nitrogens with one attached hydrogen (secondary N) is 2. The topological polar surface area (TPSA) is 108 Å². The van der Waals surface area contributed by atoms with Crippen LogP contribution in [0.15, 0.2) is 10.2 Å². The van der Waals surface area contributed by atoms with Gasteiger partial charge in [-0.2, -0.15) is 0 Å². The van der Waals surface area contributed by atoms with Crippen molar-refractivity contribution in [3.8, 4) is 0 Å². The molecule has 22 heavy (non-hydrogen) atoms. The van der Waals surface area contributed by atoms with Crippen molar-refractivity contribution < 1.29 is 19.1 Å². The van der Waals surface area contributed by atoms with Gasteiger partial charge in [0, 0.05) is 26.2 Å². The molecule has 0 unspecified atom stereocenters. The van der Waals surface area contributed by atoms with Gasteiger partial charge in [0.15, 0.2) is 0 Å². The molecule has 2 fully saturated rings. The van der Waals surface area contributed by atoms with Crippen LogP contribution < -0.4 is 10.9 Å². The van der Waals surface area contributed by atoms with Crippen molar-refractivity contribution >= 4 is 23.5 Å². The van der Waals surface area contributed by atoms with E-state index in [1.54, 1.807) is 9.80 Å². The van der Waals surface area contributed by atoms with E-state index in [1.165, 1.54) is 0 Å². The van der Waals surface area contributed by atoms with E-state index in [4.69, 9.17) is 9.47 Å². The van der Waals surface area contributed by atoms with Crippen LogP contribution in [-0.2, 0) is 19.1 Å². The van der Waals surface area contributed by atoms with Crippen LogP contribution in [0.25, 0.3) is 0 Å². The second-order valence-electron chi connectivity index (χ2n) is 4.95. The van der Waals surface area contributed by atoms with E-state index in [-0.39, 0.29) is 23.5 Å². The third kappa shape index (κ3) is 3.17. The van der Waals surface area contributed by atoms with E-state index in [0.29, 0.717) is 52.6 Å². The molecule has 2 N–H and O–H groups in total. The second kappa shape index (κ2) is 6.71. The number of carbonyl (C=O) groups is 2. The second-order valence-corrected chi connectivity index (χ2v) is 4.95. The summed E-state index contributed by atoms with van der Waals surface area (Å²) in [6.45, 7) is 4.11. The van der Waals surface area contributed by atoms with Gasteiger partial charge in [-0.1, -0.05) is 0 Å². The molecule has 0 radical (unpaired) electrons. The predicted molar refractivity (Wildman–Crippen MR) is 75.9 cm³/mol. The molecule has 10 heteroatoms. The highest BCUT2D eigenvalue weighted by molar-refractivity contribution is 6.42. The Morgan fingerprint density at radius 1 is 0.773 bits per heavy atom. The molecule has 0 aromatic carbocycles. The average molecular weight is 310 g/mol. The lowest BCUT2D eigenvalue weighted by atomic mass is 10.3. The van der Waals surface area contributed by atoms with Crippen LogP contribution >= 0.6 is 0 Å². The van der Waals surface area contributed by atoms with Gasteiger partial charge >= 0.3 is 0 Å². The lowest BCUT2D eigenvalue weighted by Crippen LogP contribution is -2.52. The van der Waals surface area contributed by atoms with E-state index in [2.05, 4.69) is 21.1 Å². The van der Waals surface area contributed by atoms with Crippen molar-refractivity contribution in [3.63, 3.8) is 0 Å². The van der Waals surface area contributed by atoms with E-state index < -0.39 is 0 Å². The maximum Gasteiger partial charge on any atom is 0.293 e. The van der Waals surface area contributed by atoms with Gasteiger partial charge in [-0.3, -0.25) is 20.4 Å². The molecule has 0 spiro atoms. The normalized spacial score (nSPS) is 22.2. The van der Waals surface area contributed by atoms with Crippen LogP contribution in [0.1, 0.15) is 0 Å². The third-order valence-electron chi connectivity index (χ3n) is 3.55. The molecule has 10 nitrogen and oxygen atoms in total. The molecule has 0 atom stereocenters. The third-order valence-corrected chi connectivity index (χ3v) is 3.55. The van der Waals surface area contributed by atoms with Crippen LogP contribution in [-0.4, -0.2) is 85.9 Å². The summed E-state index contributed by atoms with van der Waals surface area (Å²) < 4.78 is 10.4. The molecule has 2 amide bonds. The van der Waals surface area contributed by atoms with E-state index in [0.717, 1.165) is 0 Å². The Labute approximate surface area is 127 Å². The average Bonchev–Trinajstić information content (AvgIpc) is 2.62. The molecule has 2 saturated heterocycles. The summed E-state index contributed by atoms with van der Waals surface area (Å²) >= 11 is 0. The van der Waals surface area contributed by atoms with Gasteiger partial charge in [-0.25, -0.2) is 0 Å². The highest BCUT2D eigenvalue weighted by Gasteiger charge is 2.27. The number of hydrogen-bond acceptors (Lipinski definition) is 8. The van der Waals surface area contributed by atoms with Gasteiger partial charge in [-0.15, -0.1) is 10.2 Å². The minimum Gasteiger partial charge on any atom is -0.378 e. The zero-order valence-corrected chi connectivity index (χ0v) is 12.1. The van der Waals surface area contributed by atoms with Gasteiger partial charge in [0.05, 0.1) is 26.4 Å². The first kappa shape index (κ1) is 14.7. The first-order chi connectivity index (χ1) is 10.8. The number of hydrazone groups is 2. The largest absolute Gasteiger partial charge is 0.378 e. The molecule has 3 rings (SSSR count). The van der Waals surface area contributed by atoms with E-state index in [9.17, 15) is 9.59 Å². The van der Waals surface area contributed by atoms with Crippen molar-refractivity contribution in [1.82, 2.24) is 20.7 Å². The smallest absolute Gasteiger partial charge is 0.293 e. The Morgan fingerprint density at radius 2 is 1.14 bits per heavy atom. The Morgan fingerprint density at radius 3 is 1.45 bits per heavy atom. The fourth-order valence-corrected chi connectivity index (χ4v) is 2.29. The Hall–Kier alpha value is -2.20. The lowest BCUT2D eigenvalue weighted by Gasteiger charge is -2.29. The highest BCUT2D eigenvalue weighted by Crippen LogP contribution is 2.01. The number of amides is 2. The number of amidine groups is 2. The SMILES string of the molecule is O=C(C1=NNC(C(=O)N2CCOCC2)=NN1)N1CCOCC1. The van der Waals surface area contributed by atoms with Gasteiger partial charge in [0.1, 0.15) is 0 Å². The molecule has 3 aliphatic heterocycles. The summed E-state index contributed by atoms with van der Waals surface area (Å²) in [6, 6.07) is 0. The number of morpholine rings is 2. The van der Waals surface area contributed by atoms with Crippen molar-refractivity contribution in [2.24, 2.45) is 10.2 Å². The standard InChI is InChI=1S/C12H18N6O4/c19-11(17-1-5-21-6-2-17)9-13-15-10(16-14-9)12(20)18-3-7-22-8-4-18/h1-8H2,(H,13,14)(H,15,16). The summed E-state index contributed by atoms with van der Waals surface area (Å²) in [4.78, 5) is 27.6. The summed E-state index contributed by atoms with van der Waals surface area (Å²) in [7, 11) is 0. The molecular weight excluding hydrogens is 292 g/mol. The zero-order chi connectivity index (χ0) is 15.4. The molecule has 0 aromatic rings. The quantitative estimate of drug-likeness (QED) is 0.585. The van der Waals surface area contributed by atoms with Crippen molar-refractivity contribution in [2.45, 2.75) is 0 Å². The Balaban J connectivity index is 1.56. The number of ether oxygens (including phenoxy) is 2. The number of hydrogen-bond donors (Lipinski definition) is 2. The van der Waals surface area contributed by atoms with E-state index >= 15 is 0 Å². The zero-order valence-electron chi connectivity index (χ0n) is 12.1. The summed E-state index contributed by atoms with van der Waals surface area (Å²) in [5, 5.41) is 7.83. The van der Waals surface area contributed by atoms with Crippen LogP contribution in [0.3, 0.4) is 0 Å². The van der Waals surface area contributed by atoms with Crippen LogP contribution in [0.5, 0.6) is 0 Å². The molecule has 0 saturated carbocycles. The maximum atomic E-state index is 12.2. The van der Waals surface area contributed by atoms with Gasteiger partial charge in [0.2, 0.25) is 11.7 Å². The molecule has 0 bridgehead atoms. The number of rotatable bonds is 2. The first-order valence-electron chi connectivity index (χ1n) is 7.17. The fourth-order valence-electron chi connectivity index (χ4n) is 2.29. The van der Waals surface area contributed by atoms with E-state index in [1.807, 2.05) is 0 Å². The van der Waals surface area contributed by atoms with Crippen molar-refractivity contribution in [2.75, 3.05) is 52.6 Å². The highest BCUT2D eigenvalue weighted by atomic mass is 16.5. The fraction of sp³-hybridized carbons (Fsp3) is 0.667. The van der Waals surface area contributed by atoms with Crippen LogP contribution in [0.4, 0.5) is 0 Å². The first-order valence-corrected chi connectivity index (χ1v) is 7.17. The van der Waals surface area contributed by atoms with Gasteiger partial charge in [0.25, 0.3) is 11.8 Å². The monoisotopic (exact) mass is 310 g/mol. The molecule has 3 aliphatic rings. The maximum absolute atomic E-state index is 12.2. The van der Waals surface area contributed by atoms with Crippen molar-refractivity contribution in [3.05, 3.63) is 0 Å². The molecular formula is C12H18N6O4. The molecule has 0 aromatic heterocycles. The molecule has 3 heterocycles. The lowest BCUT2D eigenvalue weighted by molar-refractivity contribution is -0.129. The summed E-state index contributed by atoms with van der Waals surface area (Å²) in [5.41, 5.74) is 5.10. The predicted octanol–water partition coefficient (Wildman–Crippen LogP) is -2.48. The summed E-state index contributed by atoms with van der Waals surface area (Å²) in [5.74, 6) is -0.393. The molecule has 0 aliphatic carbocycles. The Bertz CT molecular complexity index is 462. The summed E-state index contributed by atoms with van der Waals surface area (Å²) in [6.07, 6.45) is 0. The minimum absolute atomic E-state index is 0.0698.